The normalized spacial score (nSPS) is 14.7. The van der Waals surface area contributed by atoms with Crippen LogP contribution in [0, 0.1) is 0 Å². The second-order valence-corrected chi connectivity index (χ2v) is 4.90. The summed E-state index contributed by atoms with van der Waals surface area (Å²) in [5, 5.41) is 4.15. The summed E-state index contributed by atoms with van der Waals surface area (Å²) in [5.74, 6) is 0.691. The Bertz CT molecular complexity index is 648. The highest BCUT2D eigenvalue weighted by Gasteiger charge is 2.14. The van der Waals surface area contributed by atoms with Crippen LogP contribution in [-0.2, 0) is 0 Å². The third kappa shape index (κ3) is 1.88. The topological polar surface area (TPSA) is 54.2 Å². The van der Waals surface area contributed by atoms with Crippen molar-refractivity contribution in [3.05, 3.63) is 27.5 Å². The predicted molar refractivity (Wildman–Crippen MR) is 74.4 cm³/mol. The van der Waals surface area contributed by atoms with Crippen molar-refractivity contribution < 1.29 is 0 Å². The van der Waals surface area contributed by atoms with E-state index in [1.165, 1.54) is 0 Å². The van der Waals surface area contributed by atoms with Crippen LogP contribution in [0.2, 0.25) is 15.1 Å². The Hall–Kier alpha value is -1.17. The summed E-state index contributed by atoms with van der Waals surface area (Å²) < 4.78 is 1.70. The molecule has 2 heterocycles. The van der Waals surface area contributed by atoms with Crippen LogP contribution in [0.1, 0.15) is 0 Å². The highest BCUT2D eigenvalue weighted by atomic mass is 35.5. The number of aromatic nitrogens is 2. The molecule has 0 saturated carbocycles. The van der Waals surface area contributed by atoms with Crippen LogP contribution >= 0.6 is 34.8 Å². The molecule has 0 bridgehead atoms. The molecule has 0 fully saturated rings. The number of fused-ring (bicyclic) bond motifs is 1. The van der Waals surface area contributed by atoms with Gasteiger partial charge in [-0.25, -0.2) is 9.66 Å². The molecule has 0 aliphatic carbocycles. The first-order valence-corrected chi connectivity index (χ1v) is 6.36. The SMILES string of the molecule is Clc1cc2c(ncn2NC2=NCCN2)c(Cl)c1Cl. The maximum absolute atomic E-state index is 6.10. The Balaban J connectivity index is 2.08. The molecule has 2 N–H and O–H groups in total. The number of rotatable bonds is 1. The number of imidazole rings is 1. The Morgan fingerprint density at radius 3 is 2.83 bits per heavy atom. The van der Waals surface area contributed by atoms with Crippen LogP contribution in [0.25, 0.3) is 11.0 Å². The van der Waals surface area contributed by atoms with Gasteiger partial charge in [-0.2, -0.15) is 0 Å². The third-order valence-electron chi connectivity index (χ3n) is 2.58. The maximum Gasteiger partial charge on any atom is 0.211 e. The van der Waals surface area contributed by atoms with Crippen molar-refractivity contribution in [2.24, 2.45) is 4.99 Å². The van der Waals surface area contributed by atoms with E-state index in [9.17, 15) is 0 Å². The summed E-state index contributed by atoms with van der Waals surface area (Å²) in [4.78, 5) is 8.44. The van der Waals surface area contributed by atoms with Gasteiger partial charge in [0.1, 0.15) is 11.8 Å². The monoisotopic (exact) mass is 303 g/mol. The number of nitrogens with zero attached hydrogens (tertiary/aromatic N) is 3. The van der Waals surface area contributed by atoms with E-state index in [1.54, 1.807) is 17.1 Å². The Kier molecular flexibility index (Phi) is 2.97. The molecule has 5 nitrogen and oxygen atoms in total. The summed E-state index contributed by atoms with van der Waals surface area (Å²) in [6.45, 7) is 1.57. The lowest BCUT2D eigenvalue weighted by Gasteiger charge is -2.09. The molecule has 3 rings (SSSR count). The first kappa shape index (κ1) is 11.9. The van der Waals surface area contributed by atoms with E-state index in [-0.39, 0.29) is 0 Å². The van der Waals surface area contributed by atoms with Gasteiger partial charge < -0.3 is 5.32 Å². The van der Waals surface area contributed by atoms with Crippen LogP contribution in [-0.4, -0.2) is 28.7 Å². The van der Waals surface area contributed by atoms with E-state index in [1.807, 2.05) is 0 Å². The molecule has 0 unspecified atom stereocenters. The van der Waals surface area contributed by atoms with Crippen molar-refractivity contribution in [1.82, 2.24) is 15.0 Å². The summed E-state index contributed by atoms with van der Waals surface area (Å²) in [5.41, 5.74) is 4.41. The molecule has 94 valence electrons. The lowest BCUT2D eigenvalue weighted by atomic mass is 10.3. The fraction of sp³-hybridized carbons (Fsp3) is 0.200. The Morgan fingerprint density at radius 1 is 1.28 bits per heavy atom. The summed E-state index contributed by atoms with van der Waals surface area (Å²) in [6.07, 6.45) is 1.60. The molecule has 2 aromatic rings. The molecule has 1 aliphatic rings. The van der Waals surface area contributed by atoms with Crippen LogP contribution in [0.3, 0.4) is 0 Å². The zero-order valence-electron chi connectivity index (χ0n) is 9.04. The van der Waals surface area contributed by atoms with Gasteiger partial charge in [0.05, 0.1) is 27.1 Å². The molecule has 0 atom stereocenters. The molecule has 8 heteroatoms. The molecule has 1 aromatic carbocycles. The van der Waals surface area contributed by atoms with Crippen molar-refractivity contribution in [2.45, 2.75) is 0 Å². The quantitative estimate of drug-likeness (QED) is 0.796. The van der Waals surface area contributed by atoms with E-state index >= 15 is 0 Å². The van der Waals surface area contributed by atoms with Gasteiger partial charge in [-0.1, -0.05) is 34.8 Å². The van der Waals surface area contributed by atoms with E-state index < -0.39 is 0 Å². The lowest BCUT2D eigenvalue weighted by Crippen LogP contribution is -2.31. The fourth-order valence-corrected chi connectivity index (χ4v) is 2.37. The van der Waals surface area contributed by atoms with Crippen molar-refractivity contribution in [1.29, 1.82) is 0 Å². The second kappa shape index (κ2) is 4.50. The third-order valence-corrected chi connectivity index (χ3v) is 3.83. The minimum Gasteiger partial charge on any atom is -0.353 e. The summed E-state index contributed by atoms with van der Waals surface area (Å²) in [6, 6.07) is 1.71. The number of aliphatic imine (C=N–C) groups is 1. The van der Waals surface area contributed by atoms with Gasteiger partial charge in [0.2, 0.25) is 5.96 Å². The van der Waals surface area contributed by atoms with Crippen molar-refractivity contribution >= 4 is 51.8 Å². The number of hydrogen-bond acceptors (Lipinski definition) is 4. The average molecular weight is 305 g/mol. The highest BCUT2D eigenvalue weighted by Crippen LogP contribution is 2.35. The molecule has 0 amide bonds. The first-order chi connectivity index (χ1) is 8.66. The second-order valence-electron chi connectivity index (χ2n) is 3.74. The molecular formula is C10H8Cl3N5. The first-order valence-electron chi connectivity index (χ1n) is 5.22. The van der Waals surface area contributed by atoms with E-state index in [0.717, 1.165) is 18.6 Å². The Labute approximate surface area is 118 Å². The van der Waals surface area contributed by atoms with Crippen LogP contribution in [0.15, 0.2) is 17.4 Å². The van der Waals surface area contributed by atoms with E-state index in [4.69, 9.17) is 34.8 Å². The van der Waals surface area contributed by atoms with Crippen LogP contribution in [0.4, 0.5) is 0 Å². The average Bonchev–Trinajstić information content (AvgIpc) is 2.98. The number of benzene rings is 1. The largest absolute Gasteiger partial charge is 0.353 e. The number of halogens is 3. The molecule has 1 aromatic heterocycles. The van der Waals surface area contributed by atoms with E-state index in [0.29, 0.717) is 26.5 Å². The number of guanidine groups is 1. The predicted octanol–water partition coefficient (Wildman–Crippen LogP) is 2.50. The van der Waals surface area contributed by atoms with Crippen molar-refractivity contribution in [3.8, 4) is 0 Å². The van der Waals surface area contributed by atoms with Crippen LogP contribution < -0.4 is 10.7 Å². The summed E-state index contributed by atoms with van der Waals surface area (Å²) >= 11 is 18.1. The van der Waals surface area contributed by atoms with E-state index in [2.05, 4.69) is 20.7 Å². The zero-order chi connectivity index (χ0) is 12.7. The van der Waals surface area contributed by atoms with Gasteiger partial charge in [-0.15, -0.1) is 0 Å². The molecule has 0 saturated heterocycles. The maximum atomic E-state index is 6.10. The van der Waals surface area contributed by atoms with Gasteiger partial charge in [-0.3, -0.25) is 10.4 Å². The lowest BCUT2D eigenvalue weighted by molar-refractivity contribution is 0.937. The smallest absolute Gasteiger partial charge is 0.211 e. The van der Waals surface area contributed by atoms with Gasteiger partial charge in [0.15, 0.2) is 0 Å². The van der Waals surface area contributed by atoms with Crippen molar-refractivity contribution in [2.75, 3.05) is 18.5 Å². The number of hydrogen-bond donors (Lipinski definition) is 2. The molecular weight excluding hydrogens is 297 g/mol. The molecule has 18 heavy (non-hydrogen) atoms. The minimum absolute atomic E-state index is 0.312. The molecule has 1 aliphatic heterocycles. The van der Waals surface area contributed by atoms with Gasteiger partial charge >= 0.3 is 0 Å². The van der Waals surface area contributed by atoms with Crippen molar-refractivity contribution in [3.63, 3.8) is 0 Å². The van der Waals surface area contributed by atoms with Gasteiger partial charge in [-0.05, 0) is 6.07 Å². The Morgan fingerprint density at radius 2 is 2.11 bits per heavy atom. The summed E-state index contributed by atoms with van der Waals surface area (Å²) in [7, 11) is 0. The molecule has 0 radical (unpaired) electrons. The number of nitrogens with one attached hydrogen (secondary N) is 2. The molecule has 0 spiro atoms. The highest BCUT2D eigenvalue weighted by molar-refractivity contribution is 6.50. The van der Waals surface area contributed by atoms with Crippen LogP contribution in [0.5, 0.6) is 0 Å². The standard InChI is InChI=1S/C10H8Cl3N5/c11-5-3-6-9(8(13)7(5)12)16-4-18(6)17-10-14-1-2-15-10/h3-4H,1-2H2,(H2,14,15,17). The fourth-order valence-electron chi connectivity index (χ4n) is 1.73. The van der Waals surface area contributed by atoms with Gasteiger partial charge in [0.25, 0.3) is 0 Å². The van der Waals surface area contributed by atoms with Gasteiger partial charge in [0, 0.05) is 6.54 Å². The minimum atomic E-state index is 0.312. The zero-order valence-corrected chi connectivity index (χ0v) is 11.3.